The molecular formula is C19H18N6O4S2. The highest BCUT2D eigenvalue weighted by Gasteiger charge is 2.54. The normalized spacial score (nSPS) is 20.0. The predicted molar refractivity (Wildman–Crippen MR) is 114 cm³/mol. The standard InChI is InChI=1S/C19H18N6O4S2/c26-15-13(23-18(29)21-8-11-4-2-1-3-5-11)16-25(15)14(17(27)28)12(9-30-16)10-31-19-20-6-7-22-24-19/h1-7,13,16H,8-10H2,(H,27,28)(H2,21,23,29)/t13?,16-/m1/s1. The monoisotopic (exact) mass is 458 g/mol. The molecule has 2 aliphatic rings. The first-order valence-corrected chi connectivity index (χ1v) is 11.3. The molecule has 12 heteroatoms. The van der Waals surface area contributed by atoms with Crippen LogP contribution in [0.5, 0.6) is 0 Å². The van der Waals surface area contributed by atoms with E-state index in [9.17, 15) is 19.5 Å². The second kappa shape index (κ2) is 9.35. The van der Waals surface area contributed by atoms with Gasteiger partial charge >= 0.3 is 12.0 Å². The van der Waals surface area contributed by atoms with Crippen LogP contribution in [0.3, 0.4) is 0 Å². The zero-order valence-corrected chi connectivity index (χ0v) is 17.7. The zero-order chi connectivity index (χ0) is 21.8. The van der Waals surface area contributed by atoms with E-state index in [0.29, 0.717) is 28.8 Å². The minimum Gasteiger partial charge on any atom is -0.477 e. The van der Waals surface area contributed by atoms with Crippen LogP contribution in [0.2, 0.25) is 0 Å². The quantitative estimate of drug-likeness (QED) is 0.411. The Balaban J connectivity index is 1.38. The largest absolute Gasteiger partial charge is 0.477 e. The SMILES string of the molecule is O=C(NCc1ccccc1)NC1C(=O)N2C(C(=O)O)=C(CSc3nccnn3)CS[C@H]12. The van der Waals surface area contributed by atoms with Gasteiger partial charge in [-0.25, -0.2) is 14.6 Å². The van der Waals surface area contributed by atoms with E-state index in [1.165, 1.54) is 40.8 Å². The van der Waals surface area contributed by atoms with Gasteiger partial charge in [-0.1, -0.05) is 42.1 Å². The average molecular weight is 459 g/mol. The van der Waals surface area contributed by atoms with Gasteiger partial charge in [-0.3, -0.25) is 9.69 Å². The molecule has 0 bridgehead atoms. The van der Waals surface area contributed by atoms with Crippen molar-refractivity contribution < 1.29 is 19.5 Å². The summed E-state index contributed by atoms with van der Waals surface area (Å²) in [7, 11) is 0. The van der Waals surface area contributed by atoms with Crippen LogP contribution in [-0.4, -0.2) is 66.0 Å². The summed E-state index contributed by atoms with van der Waals surface area (Å²) < 4.78 is 0. The number of fused-ring (bicyclic) bond motifs is 1. The first-order valence-electron chi connectivity index (χ1n) is 9.29. The van der Waals surface area contributed by atoms with E-state index in [4.69, 9.17) is 0 Å². The lowest BCUT2D eigenvalue weighted by Gasteiger charge is -2.49. The molecule has 2 aliphatic heterocycles. The van der Waals surface area contributed by atoms with Crippen LogP contribution in [0, 0.1) is 0 Å². The Hall–Kier alpha value is -3.12. The van der Waals surface area contributed by atoms with E-state index in [-0.39, 0.29) is 5.70 Å². The summed E-state index contributed by atoms with van der Waals surface area (Å²) >= 11 is 2.67. The van der Waals surface area contributed by atoms with Gasteiger partial charge in [-0.15, -0.1) is 16.9 Å². The lowest BCUT2D eigenvalue weighted by molar-refractivity contribution is -0.148. The van der Waals surface area contributed by atoms with E-state index in [2.05, 4.69) is 25.8 Å². The molecule has 160 valence electrons. The van der Waals surface area contributed by atoms with E-state index in [0.717, 1.165) is 5.56 Å². The number of carboxylic acid groups (broad SMARTS) is 1. The molecule has 0 saturated carbocycles. The molecular weight excluding hydrogens is 440 g/mol. The molecule has 1 aromatic heterocycles. The van der Waals surface area contributed by atoms with Crippen LogP contribution < -0.4 is 10.6 Å². The molecule has 2 atom stereocenters. The third-order valence-electron chi connectivity index (χ3n) is 4.67. The molecule has 3 N–H and O–H groups in total. The molecule has 2 aromatic rings. The minimum absolute atomic E-state index is 0.0344. The van der Waals surface area contributed by atoms with Gasteiger partial charge in [0.25, 0.3) is 5.91 Å². The highest BCUT2D eigenvalue weighted by atomic mass is 32.2. The summed E-state index contributed by atoms with van der Waals surface area (Å²) in [5.74, 6) is -0.863. The lowest BCUT2D eigenvalue weighted by atomic mass is 10.0. The van der Waals surface area contributed by atoms with Gasteiger partial charge < -0.3 is 15.7 Å². The van der Waals surface area contributed by atoms with Crippen molar-refractivity contribution >= 4 is 41.4 Å². The fraction of sp³-hybridized carbons (Fsp3) is 0.263. The molecule has 10 nitrogen and oxygen atoms in total. The van der Waals surface area contributed by atoms with E-state index in [1.54, 1.807) is 0 Å². The van der Waals surface area contributed by atoms with Crippen LogP contribution in [-0.2, 0) is 16.1 Å². The molecule has 31 heavy (non-hydrogen) atoms. The number of amides is 3. The lowest BCUT2D eigenvalue weighted by Crippen LogP contribution is -2.71. The maximum Gasteiger partial charge on any atom is 0.352 e. The first kappa shape index (κ1) is 21.1. The Labute approximate surface area is 185 Å². The number of carbonyl (C=O) groups excluding carboxylic acids is 2. The fourth-order valence-corrected chi connectivity index (χ4v) is 5.48. The Bertz CT molecular complexity index is 1020. The van der Waals surface area contributed by atoms with Gasteiger partial charge in [-0.2, -0.15) is 5.10 Å². The van der Waals surface area contributed by atoms with E-state index in [1.807, 2.05) is 30.3 Å². The van der Waals surface area contributed by atoms with Gasteiger partial charge in [-0.05, 0) is 11.1 Å². The third-order valence-corrected chi connectivity index (χ3v) is 6.95. The molecule has 1 saturated heterocycles. The van der Waals surface area contributed by atoms with Crippen LogP contribution in [0.25, 0.3) is 0 Å². The Morgan fingerprint density at radius 1 is 1.26 bits per heavy atom. The van der Waals surface area contributed by atoms with Crippen LogP contribution in [0.4, 0.5) is 4.79 Å². The Morgan fingerprint density at radius 3 is 2.77 bits per heavy atom. The number of benzene rings is 1. The molecule has 0 spiro atoms. The zero-order valence-electron chi connectivity index (χ0n) is 16.1. The maximum absolute atomic E-state index is 12.7. The first-order chi connectivity index (χ1) is 15.0. The van der Waals surface area contributed by atoms with Crippen molar-refractivity contribution in [1.29, 1.82) is 0 Å². The topological polar surface area (TPSA) is 137 Å². The van der Waals surface area contributed by atoms with Crippen molar-refractivity contribution in [2.75, 3.05) is 11.5 Å². The number of aromatic nitrogens is 3. The molecule has 1 unspecified atom stereocenters. The third kappa shape index (κ3) is 4.64. The van der Waals surface area contributed by atoms with Crippen molar-refractivity contribution in [2.45, 2.75) is 23.1 Å². The highest BCUT2D eigenvalue weighted by molar-refractivity contribution is 8.01. The molecule has 3 amide bonds. The van der Waals surface area contributed by atoms with Crippen molar-refractivity contribution in [1.82, 2.24) is 30.7 Å². The number of thioether (sulfide) groups is 2. The number of nitrogens with one attached hydrogen (secondary N) is 2. The number of β-lactam (4-membered cyclic amide) rings is 1. The predicted octanol–water partition coefficient (Wildman–Crippen LogP) is 1.09. The number of rotatable bonds is 7. The average Bonchev–Trinajstić information content (AvgIpc) is 2.80. The van der Waals surface area contributed by atoms with Gasteiger partial charge in [0.05, 0.1) is 12.4 Å². The van der Waals surface area contributed by atoms with Crippen LogP contribution >= 0.6 is 23.5 Å². The van der Waals surface area contributed by atoms with Gasteiger partial charge in [0, 0.05) is 18.1 Å². The number of nitrogens with zero attached hydrogens (tertiary/aromatic N) is 4. The van der Waals surface area contributed by atoms with E-state index < -0.39 is 29.3 Å². The molecule has 0 aliphatic carbocycles. The number of urea groups is 1. The maximum atomic E-state index is 12.7. The Morgan fingerprint density at radius 2 is 2.06 bits per heavy atom. The second-order valence-electron chi connectivity index (χ2n) is 6.67. The number of carboxylic acids is 1. The molecule has 1 fully saturated rings. The Kier molecular flexibility index (Phi) is 6.37. The molecule has 0 radical (unpaired) electrons. The van der Waals surface area contributed by atoms with Crippen molar-refractivity contribution in [3.63, 3.8) is 0 Å². The van der Waals surface area contributed by atoms with Crippen LogP contribution in [0.1, 0.15) is 5.56 Å². The second-order valence-corrected chi connectivity index (χ2v) is 8.72. The van der Waals surface area contributed by atoms with Crippen LogP contribution in [0.15, 0.2) is 59.2 Å². The summed E-state index contributed by atoms with van der Waals surface area (Å²) in [6.07, 6.45) is 2.96. The van der Waals surface area contributed by atoms with Gasteiger partial charge in [0.15, 0.2) is 0 Å². The summed E-state index contributed by atoms with van der Waals surface area (Å²) in [5.41, 5.74) is 1.50. The van der Waals surface area contributed by atoms with E-state index >= 15 is 0 Å². The number of aliphatic carboxylic acids is 1. The van der Waals surface area contributed by atoms with Gasteiger partial charge in [0.2, 0.25) is 5.16 Å². The molecule has 3 heterocycles. The summed E-state index contributed by atoms with van der Waals surface area (Å²) in [6, 6.07) is 8.15. The molecule has 4 rings (SSSR count). The smallest absolute Gasteiger partial charge is 0.352 e. The van der Waals surface area contributed by atoms with Gasteiger partial charge in [0.1, 0.15) is 17.1 Å². The summed E-state index contributed by atoms with van der Waals surface area (Å²) in [4.78, 5) is 42.1. The number of hydrogen-bond donors (Lipinski definition) is 3. The van der Waals surface area contributed by atoms with Crippen molar-refractivity contribution in [3.8, 4) is 0 Å². The summed E-state index contributed by atoms with van der Waals surface area (Å²) in [5, 5.41) is 22.7. The molecule has 1 aromatic carbocycles. The highest BCUT2D eigenvalue weighted by Crippen LogP contribution is 2.41. The fourth-order valence-electron chi connectivity index (χ4n) is 3.22. The minimum atomic E-state index is -1.17. The van der Waals surface area contributed by atoms with Crippen molar-refractivity contribution in [2.24, 2.45) is 0 Å². The number of hydrogen-bond acceptors (Lipinski definition) is 8. The van der Waals surface area contributed by atoms with Crippen molar-refractivity contribution in [3.05, 3.63) is 59.6 Å². The summed E-state index contributed by atoms with van der Waals surface area (Å²) in [6.45, 7) is 0.327. The number of carbonyl (C=O) groups is 3.